The van der Waals surface area contributed by atoms with E-state index in [1.165, 1.54) is 7.11 Å². The molecular formula is C21H34N2O6. The molecule has 0 aromatic heterocycles. The van der Waals surface area contributed by atoms with Crippen LogP contribution in [-0.2, 0) is 25.7 Å². The highest BCUT2D eigenvalue weighted by atomic mass is 16.6. The second-order valence-corrected chi connectivity index (χ2v) is 7.16. The van der Waals surface area contributed by atoms with Crippen LogP contribution in [0.1, 0.15) is 46.1 Å². The Labute approximate surface area is 172 Å². The van der Waals surface area contributed by atoms with Gasteiger partial charge >= 0.3 is 18.0 Å². The number of amides is 1. The summed E-state index contributed by atoms with van der Waals surface area (Å²) in [6.45, 7) is 7.86. The second-order valence-electron chi connectivity index (χ2n) is 7.16. The molecule has 1 rings (SSSR count). The number of rotatable bonds is 9. The molecule has 4 N–H and O–H groups in total. The van der Waals surface area contributed by atoms with Crippen molar-refractivity contribution >= 4 is 18.0 Å². The van der Waals surface area contributed by atoms with E-state index in [0.717, 1.165) is 12.0 Å². The van der Waals surface area contributed by atoms with Gasteiger partial charge in [-0.15, -0.1) is 0 Å². The number of esters is 1. The number of methoxy groups -OCH3 is 1. The first-order valence-electron chi connectivity index (χ1n) is 9.65. The molecule has 29 heavy (non-hydrogen) atoms. The van der Waals surface area contributed by atoms with Crippen LogP contribution in [0, 0.1) is 11.8 Å². The normalized spacial score (nSPS) is 13.3. The maximum Gasteiger partial charge on any atom is 0.408 e. The van der Waals surface area contributed by atoms with Gasteiger partial charge < -0.3 is 25.6 Å². The van der Waals surface area contributed by atoms with E-state index in [1.54, 1.807) is 0 Å². The monoisotopic (exact) mass is 410 g/mol. The zero-order valence-electron chi connectivity index (χ0n) is 17.9. The van der Waals surface area contributed by atoms with Crippen LogP contribution in [0.25, 0.3) is 0 Å². The van der Waals surface area contributed by atoms with E-state index in [9.17, 15) is 14.4 Å². The Morgan fingerprint density at radius 3 is 2.14 bits per heavy atom. The van der Waals surface area contributed by atoms with Gasteiger partial charge in [-0.2, -0.15) is 0 Å². The van der Waals surface area contributed by atoms with Crippen molar-refractivity contribution in [3.8, 4) is 0 Å². The van der Waals surface area contributed by atoms with Crippen LogP contribution in [0.4, 0.5) is 4.79 Å². The van der Waals surface area contributed by atoms with Gasteiger partial charge in [0.05, 0.1) is 7.11 Å². The lowest BCUT2D eigenvalue weighted by Gasteiger charge is -2.18. The van der Waals surface area contributed by atoms with E-state index >= 15 is 0 Å². The van der Waals surface area contributed by atoms with Gasteiger partial charge in [0.25, 0.3) is 0 Å². The summed E-state index contributed by atoms with van der Waals surface area (Å²) >= 11 is 0. The van der Waals surface area contributed by atoms with E-state index < -0.39 is 30.1 Å². The van der Waals surface area contributed by atoms with Crippen LogP contribution in [0.15, 0.2) is 30.3 Å². The SMILES string of the molecule is CC[C@H](C)[C@H](N)C(=O)O.COC(=O)[C@H](CC(C)C)NC(=O)OCc1ccccc1. The van der Waals surface area contributed by atoms with Gasteiger partial charge in [-0.05, 0) is 23.8 Å². The van der Waals surface area contributed by atoms with Gasteiger partial charge in [0.1, 0.15) is 18.7 Å². The number of nitrogens with one attached hydrogen (secondary N) is 1. The number of carbonyl (C=O) groups is 3. The molecule has 0 spiro atoms. The van der Waals surface area contributed by atoms with Crippen molar-refractivity contribution in [2.45, 2.75) is 59.2 Å². The van der Waals surface area contributed by atoms with Crippen molar-refractivity contribution in [1.82, 2.24) is 5.32 Å². The number of hydrogen-bond donors (Lipinski definition) is 3. The summed E-state index contributed by atoms with van der Waals surface area (Å²) < 4.78 is 9.74. The lowest BCUT2D eigenvalue weighted by molar-refractivity contribution is -0.143. The zero-order chi connectivity index (χ0) is 22.4. The molecule has 1 aromatic carbocycles. The molecule has 3 atom stereocenters. The Balaban J connectivity index is 0.000000734. The van der Waals surface area contributed by atoms with Gasteiger partial charge in [0.15, 0.2) is 0 Å². The van der Waals surface area contributed by atoms with Crippen LogP contribution in [0.3, 0.4) is 0 Å². The topological polar surface area (TPSA) is 128 Å². The molecule has 0 saturated heterocycles. The fraction of sp³-hybridized carbons (Fsp3) is 0.571. The zero-order valence-corrected chi connectivity index (χ0v) is 17.9. The number of benzene rings is 1. The Bertz CT molecular complexity index is 621. The minimum atomic E-state index is -0.913. The van der Waals surface area contributed by atoms with Crippen LogP contribution in [0.5, 0.6) is 0 Å². The predicted molar refractivity (Wildman–Crippen MR) is 110 cm³/mol. The molecule has 1 amide bonds. The maximum absolute atomic E-state index is 11.7. The van der Waals surface area contributed by atoms with E-state index in [-0.39, 0.29) is 18.4 Å². The third-order valence-corrected chi connectivity index (χ3v) is 4.24. The van der Waals surface area contributed by atoms with E-state index in [1.807, 2.05) is 58.0 Å². The lowest BCUT2D eigenvalue weighted by atomic mass is 10.0. The molecular weight excluding hydrogens is 376 g/mol. The van der Waals surface area contributed by atoms with Gasteiger partial charge in [-0.25, -0.2) is 9.59 Å². The summed E-state index contributed by atoms with van der Waals surface area (Å²) in [6.07, 6.45) is 0.700. The first-order valence-corrected chi connectivity index (χ1v) is 9.65. The molecule has 8 nitrogen and oxygen atoms in total. The molecule has 8 heteroatoms. The van der Waals surface area contributed by atoms with Gasteiger partial charge in [-0.1, -0.05) is 64.4 Å². The third kappa shape index (κ3) is 11.7. The summed E-state index contributed by atoms with van der Waals surface area (Å²) in [5, 5.41) is 10.9. The Morgan fingerprint density at radius 1 is 1.14 bits per heavy atom. The molecule has 0 fully saturated rings. The number of aliphatic carboxylic acids is 1. The fourth-order valence-corrected chi connectivity index (χ4v) is 2.23. The maximum atomic E-state index is 11.7. The van der Waals surface area contributed by atoms with Crippen molar-refractivity contribution in [2.24, 2.45) is 17.6 Å². The highest BCUT2D eigenvalue weighted by molar-refractivity contribution is 5.81. The van der Waals surface area contributed by atoms with Crippen LogP contribution < -0.4 is 11.1 Å². The lowest BCUT2D eigenvalue weighted by Crippen LogP contribution is -2.42. The van der Waals surface area contributed by atoms with E-state index in [2.05, 4.69) is 10.1 Å². The second kappa shape index (κ2) is 14.4. The van der Waals surface area contributed by atoms with Crippen LogP contribution >= 0.6 is 0 Å². The average Bonchev–Trinajstić information content (AvgIpc) is 2.70. The molecule has 0 aliphatic carbocycles. The smallest absolute Gasteiger partial charge is 0.408 e. The van der Waals surface area contributed by atoms with Crippen molar-refractivity contribution in [3.05, 3.63) is 35.9 Å². The van der Waals surface area contributed by atoms with Crippen molar-refractivity contribution in [2.75, 3.05) is 7.11 Å². The molecule has 0 aliphatic heterocycles. The number of alkyl carbamates (subject to hydrolysis) is 1. The number of carboxylic acid groups (broad SMARTS) is 1. The molecule has 164 valence electrons. The minimum absolute atomic E-state index is 0.0718. The number of carbonyl (C=O) groups excluding carboxylic acids is 2. The third-order valence-electron chi connectivity index (χ3n) is 4.24. The first-order chi connectivity index (χ1) is 13.6. The number of hydrogen-bond acceptors (Lipinski definition) is 6. The predicted octanol–water partition coefficient (Wildman–Crippen LogP) is 2.94. The summed E-state index contributed by atoms with van der Waals surface area (Å²) in [6, 6.07) is 7.97. The molecule has 0 saturated carbocycles. The molecule has 0 radical (unpaired) electrons. The van der Waals surface area contributed by atoms with E-state index in [0.29, 0.717) is 6.42 Å². The average molecular weight is 411 g/mol. The van der Waals surface area contributed by atoms with Crippen LogP contribution in [0.2, 0.25) is 0 Å². The summed E-state index contributed by atoms with van der Waals surface area (Å²) in [4.78, 5) is 33.4. The first kappa shape index (κ1) is 26.4. The molecule has 0 aliphatic rings. The Kier molecular flexibility index (Phi) is 13.1. The van der Waals surface area contributed by atoms with E-state index in [4.69, 9.17) is 15.6 Å². The van der Waals surface area contributed by atoms with Gasteiger partial charge in [-0.3, -0.25) is 4.79 Å². The van der Waals surface area contributed by atoms with Crippen molar-refractivity contribution < 1.29 is 29.0 Å². The summed E-state index contributed by atoms with van der Waals surface area (Å²) in [5.74, 6) is -1.05. The quantitative estimate of drug-likeness (QED) is 0.534. The Hall–Kier alpha value is -2.61. The minimum Gasteiger partial charge on any atom is -0.480 e. The molecule has 0 heterocycles. The summed E-state index contributed by atoms with van der Waals surface area (Å²) in [7, 11) is 1.30. The Morgan fingerprint density at radius 2 is 1.72 bits per heavy atom. The number of ether oxygens (including phenoxy) is 2. The molecule has 1 aromatic rings. The largest absolute Gasteiger partial charge is 0.480 e. The summed E-state index contributed by atoms with van der Waals surface area (Å²) in [5.41, 5.74) is 6.16. The highest BCUT2D eigenvalue weighted by Gasteiger charge is 2.23. The van der Waals surface area contributed by atoms with Gasteiger partial charge in [0, 0.05) is 0 Å². The molecule has 0 unspecified atom stereocenters. The molecule has 0 bridgehead atoms. The fourth-order valence-electron chi connectivity index (χ4n) is 2.23. The number of carboxylic acids is 1. The van der Waals surface area contributed by atoms with Crippen molar-refractivity contribution in [3.63, 3.8) is 0 Å². The standard InChI is InChI=1S/C15H21NO4.C6H13NO2/c1-11(2)9-13(14(17)19-3)16-15(18)20-10-12-7-5-4-6-8-12;1-3-4(2)5(7)6(8)9/h4-8,11,13H,9-10H2,1-3H3,(H,16,18);4-5H,3,7H2,1-2H3,(H,8,9)/t13-;4-,5-/m00/s1. The van der Waals surface area contributed by atoms with Crippen LogP contribution in [-0.4, -0.2) is 42.3 Å². The highest BCUT2D eigenvalue weighted by Crippen LogP contribution is 2.07. The van der Waals surface area contributed by atoms with Crippen molar-refractivity contribution in [1.29, 1.82) is 0 Å². The number of nitrogens with two attached hydrogens (primary N) is 1. The van der Waals surface area contributed by atoms with Gasteiger partial charge in [0.2, 0.25) is 0 Å².